The molecule has 1 fully saturated rings. The molecule has 3 nitrogen and oxygen atoms in total. The first kappa shape index (κ1) is 17.1. The first-order valence-electron chi connectivity index (χ1n) is 7.57. The van der Waals surface area contributed by atoms with Gasteiger partial charge in [-0.3, -0.25) is 4.90 Å². The molecule has 1 aromatic carbocycles. The Kier molecular flexibility index (Phi) is 6.35. The van der Waals surface area contributed by atoms with Gasteiger partial charge in [-0.05, 0) is 57.1 Å². The summed E-state index contributed by atoms with van der Waals surface area (Å²) in [6.07, 6.45) is 3.75. The fourth-order valence-corrected chi connectivity index (χ4v) is 3.80. The predicted molar refractivity (Wildman–Crippen MR) is 92.5 cm³/mol. The van der Waals surface area contributed by atoms with Crippen LogP contribution in [0.2, 0.25) is 0 Å². The van der Waals surface area contributed by atoms with Crippen LogP contribution < -0.4 is 10.1 Å². The number of fused-ring (bicyclic) bond motifs is 1. The molecule has 1 saturated heterocycles. The molecule has 5 heteroatoms. The maximum Gasteiger partial charge on any atom is 0.124 e. The molecule has 0 aromatic heterocycles. The minimum atomic E-state index is 0. The molecule has 1 N–H and O–H groups in total. The van der Waals surface area contributed by atoms with Crippen LogP contribution in [-0.4, -0.2) is 38.2 Å². The van der Waals surface area contributed by atoms with Crippen molar-refractivity contribution < 1.29 is 4.74 Å². The normalized spacial score (nSPS) is 24.9. The topological polar surface area (TPSA) is 24.5 Å². The highest BCUT2D eigenvalue weighted by Gasteiger charge is 2.27. The van der Waals surface area contributed by atoms with Crippen LogP contribution in [0.15, 0.2) is 22.7 Å². The van der Waals surface area contributed by atoms with Crippen molar-refractivity contribution in [1.29, 1.82) is 0 Å². The van der Waals surface area contributed by atoms with E-state index >= 15 is 0 Å². The molecule has 0 saturated carbocycles. The van der Waals surface area contributed by atoms with Crippen molar-refractivity contribution in [2.75, 3.05) is 33.3 Å². The largest absolute Gasteiger partial charge is 0.493 e. The molecular formula is C16H24BrClN2O. The summed E-state index contributed by atoms with van der Waals surface area (Å²) in [6.45, 7) is 4.35. The van der Waals surface area contributed by atoms with E-state index in [9.17, 15) is 0 Å². The number of rotatable bonds is 3. The monoisotopic (exact) mass is 374 g/mol. The Labute approximate surface area is 142 Å². The number of halogens is 2. The van der Waals surface area contributed by atoms with E-state index in [0.29, 0.717) is 6.04 Å². The third-order valence-electron chi connectivity index (χ3n) is 4.46. The van der Waals surface area contributed by atoms with E-state index in [1.807, 2.05) is 0 Å². The molecule has 3 rings (SSSR count). The molecule has 1 aromatic rings. The van der Waals surface area contributed by atoms with Gasteiger partial charge in [-0.1, -0.05) is 15.9 Å². The van der Waals surface area contributed by atoms with Crippen LogP contribution >= 0.6 is 28.3 Å². The summed E-state index contributed by atoms with van der Waals surface area (Å²) in [5.74, 6) is 1.84. The minimum Gasteiger partial charge on any atom is -0.493 e. The summed E-state index contributed by atoms with van der Waals surface area (Å²) in [5, 5.41) is 3.51. The maximum absolute atomic E-state index is 5.79. The molecular weight excluding hydrogens is 352 g/mol. The van der Waals surface area contributed by atoms with E-state index in [2.05, 4.69) is 51.4 Å². The number of hydrogen-bond acceptors (Lipinski definition) is 3. The SMILES string of the molecule is CN(CC1CCCNC1)C1CCOc2ccc(Br)cc21.Cl. The Bertz CT molecular complexity index is 466. The molecule has 0 radical (unpaired) electrons. The molecule has 21 heavy (non-hydrogen) atoms. The quantitative estimate of drug-likeness (QED) is 0.873. The molecule has 0 aliphatic carbocycles. The summed E-state index contributed by atoms with van der Waals surface area (Å²) in [4.78, 5) is 2.52. The number of ether oxygens (including phenoxy) is 1. The van der Waals surface area contributed by atoms with Gasteiger partial charge in [0.05, 0.1) is 6.61 Å². The minimum absolute atomic E-state index is 0. The summed E-state index contributed by atoms with van der Waals surface area (Å²) < 4.78 is 6.93. The fraction of sp³-hybridized carbons (Fsp3) is 0.625. The van der Waals surface area contributed by atoms with Crippen molar-refractivity contribution in [1.82, 2.24) is 10.2 Å². The lowest BCUT2D eigenvalue weighted by Crippen LogP contribution is -2.39. The fourth-order valence-electron chi connectivity index (χ4n) is 3.42. The second kappa shape index (κ2) is 7.82. The summed E-state index contributed by atoms with van der Waals surface area (Å²) in [7, 11) is 2.26. The van der Waals surface area contributed by atoms with Gasteiger partial charge in [0.1, 0.15) is 5.75 Å². The third kappa shape index (κ3) is 4.13. The zero-order valence-electron chi connectivity index (χ0n) is 12.5. The summed E-state index contributed by atoms with van der Waals surface area (Å²) in [6, 6.07) is 6.85. The van der Waals surface area contributed by atoms with Crippen LogP contribution in [-0.2, 0) is 0 Å². The highest BCUT2D eigenvalue weighted by Crippen LogP contribution is 2.37. The zero-order chi connectivity index (χ0) is 13.9. The Morgan fingerprint density at radius 1 is 1.38 bits per heavy atom. The molecule has 0 amide bonds. The second-order valence-electron chi connectivity index (χ2n) is 5.99. The second-order valence-corrected chi connectivity index (χ2v) is 6.90. The Morgan fingerprint density at radius 3 is 3.00 bits per heavy atom. The van der Waals surface area contributed by atoms with Crippen LogP contribution in [0.5, 0.6) is 5.75 Å². The van der Waals surface area contributed by atoms with E-state index in [0.717, 1.165) is 29.2 Å². The number of hydrogen-bond donors (Lipinski definition) is 1. The average Bonchev–Trinajstić information content (AvgIpc) is 2.47. The number of benzene rings is 1. The Morgan fingerprint density at radius 2 is 2.24 bits per heavy atom. The van der Waals surface area contributed by atoms with Crippen molar-refractivity contribution >= 4 is 28.3 Å². The molecule has 2 atom stereocenters. The van der Waals surface area contributed by atoms with Crippen LogP contribution in [0.4, 0.5) is 0 Å². The van der Waals surface area contributed by atoms with Crippen molar-refractivity contribution in [3.05, 3.63) is 28.2 Å². The van der Waals surface area contributed by atoms with E-state index < -0.39 is 0 Å². The zero-order valence-corrected chi connectivity index (χ0v) is 14.9. The van der Waals surface area contributed by atoms with E-state index in [1.165, 1.54) is 38.0 Å². The van der Waals surface area contributed by atoms with Crippen LogP contribution in [0, 0.1) is 5.92 Å². The van der Waals surface area contributed by atoms with E-state index in [1.54, 1.807) is 0 Å². The van der Waals surface area contributed by atoms with E-state index in [4.69, 9.17) is 4.74 Å². The van der Waals surface area contributed by atoms with Crippen LogP contribution in [0.1, 0.15) is 30.9 Å². The van der Waals surface area contributed by atoms with Gasteiger partial charge >= 0.3 is 0 Å². The smallest absolute Gasteiger partial charge is 0.124 e. The summed E-state index contributed by atoms with van der Waals surface area (Å²) >= 11 is 3.58. The predicted octanol–water partition coefficient (Wildman–Crippen LogP) is 3.63. The first-order valence-corrected chi connectivity index (χ1v) is 8.36. The number of nitrogens with one attached hydrogen (secondary N) is 1. The van der Waals surface area contributed by atoms with Crippen molar-refractivity contribution in [2.45, 2.75) is 25.3 Å². The lowest BCUT2D eigenvalue weighted by molar-refractivity contribution is 0.140. The van der Waals surface area contributed by atoms with Crippen LogP contribution in [0.25, 0.3) is 0 Å². The molecule has 118 valence electrons. The highest BCUT2D eigenvalue weighted by molar-refractivity contribution is 9.10. The molecule has 0 bridgehead atoms. The molecule has 2 aliphatic rings. The van der Waals surface area contributed by atoms with E-state index in [-0.39, 0.29) is 12.4 Å². The van der Waals surface area contributed by atoms with Crippen LogP contribution in [0.3, 0.4) is 0 Å². The average molecular weight is 376 g/mol. The van der Waals surface area contributed by atoms with Gasteiger partial charge in [0.25, 0.3) is 0 Å². The Balaban J connectivity index is 0.00000161. The van der Waals surface area contributed by atoms with Gasteiger partial charge in [-0.15, -0.1) is 12.4 Å². The van der Waals surface area contributed by atoms with Gasteiger partial charge in [0.2, 0.25) is 0 Å². The third-order valence-corrected chi connectivity index (χ3v) is 4.95. The maximum atomic E-state index is 5.79. The molecule has 2 unspecified atom stereocenters. The van der Waals surface area contributed by atoms with Gasteiger partial charge in [-0.25, -0.2) is 0 Å². The van der Waals surface area contributed by atoms with Crippen molar-refractivity contribution in [2.24, 2.45) is 5.92 Å². The molecule has 0 spiro atoms. The lowest BCUT2D eigenvalue weighted by atomic mass is 9.95. The molecule has 2 aliphatic heterocycles. The van der Waals surface area contributed by atoms with Gasteiger partial charge in [0.15, 0.2) is 0 Å². The van der Waals surface area contributed by atoms with Gasteiger partial charge in [0, 0.05) is 29.0 Å². The van der Waals surface area contributed by atoms with Crippen molar-refractivity contribution in [3.8, 4) is 5.75 Å². The lowest BCUT2D eigenvalue weighted by Gasteiger charge is -2.36. The number of piperidine rings is 1. The standard InChI is InChI=1S/C16H23BrN2O.ClH/c1-19(11-12-3-2-7-18-10-12)15-6-8-20-16-5-4-13(17)9-14(15)16;/h4-5,9,12,15,18H,2-3,6-8,10-11H2,1H3;1H. The summed E-state index contributed by atoms with van der Waals surface area (Å²) in [5.41, 5.74) is 1.33. The molecule has 2 heterocycles. The van der Waals surface area contributed by atoms with Gasteiger partial charge < -0.3 is 10.1 Å². The first-order chi connectivity index (χ1) is 9.74. The van der Waals surface area contributed by atoms with Gasteiger partial charge in [-0.2, -0.15) is 0 Å². The number of nitrogens with zero attached hydrogens (tertiary/aromatic N) is 1. The highest BCUT2D eigenvalue weighted by atomic mass is 79.9. The Hall–Kier alpha value is -0.290. The van der Waals surface area contributed by atoms with Crippen molar-refractivity contribution in [3.63, 3.8) is 0 Å².